The molecule has 0 unspecified atom stereocenters. The summed E-state index contributed by atoms with van der Waals surface area (Å²) in [6.45, 7) is 14.8. The Morgan fingerprint density at radius 1 is 0.889 bits per heavy atom. The molecule has 0 atom stereocenters. The predicted molar refractivity (Wildman–Crippen MR) is 119 cm³/mol. The number of anilines is 1. The molecule has 0 bridgehead atoms. The van der Waals surface area contributed by atoms with Gasteiger partial charge in [0.25, 0.3) is 0 Å². The van der Waals surface area contributed by atoms with Gasteiger partial charge in [-0.1, -0.05) is 32.4 Å². The highest BCUT2D eigenvalue weighted by molar-refractivity contribution is 6.31. The quantitative estimate of drug-likeness (QED) is 0.480. The molecule has 2 rings (SSSR count). The molecule has 27 heavy (non-hydrogen) atoms. The summed E-state index contributed by atoms with van der Waals surface area (Å²) in [4.78, 5) is 9.48. The van der Waals surface area contributed by atoms with Crippen molar-refractivity contribution in [3.05, 3.63) is 35.5 Å². The molecule has 0 saturated carbocycles. The number of fused-ring (bicyclic) bond motifs is 1. The molecule has 5 heteroatoms. The van der Waals surface area contributed by atoms with E-state index in [2.05, 4.69) is 40.9 Å². The minimum atomic E-state index is 0.729. The van der Waals surface area contributed by atoms with Crippen LogP contribution in [0.4, 0.5) is 5.69 Å². The number of benzene rings is 1. The SMILES string of the molecule is CCN(CC)CCCN(CC)CCCCNc1ccnc2cc(Cl)ccc12. The standard InChI is InChI=1S/C22H35ClN4/c1-4-26(5-2)16-9-17-27(6-3)15-8-7-13-24-21-12-14-25-22-18-19(23)10-11-20(21)22/h10-12,14,18H,4-9,13,15-17H2,1-3H3,(H,24,25). The van der Waals surface area contributed by atoms with Gasteiger partial charge in [0.2, 0.25) is 0 Å². The van der Waals surface area contributed by atoms with Crippen LogP contribution in [0.5, 0.6) is 0 Å². The molecule has 0 spiro atoms. The Morgan fingerprint density at radius 2 is 1.59 bits per heavy atom. The van der Waals surface area contributed by atoms with Crippen LogP contribution in [0.3, 0.4) is 0 Å². The fourth-order valence-corrected chi connectivity index (χ4v) is 3.61. The summed E-state index contributed by atoms with van der Waals surface area (Å²) in [6.07, 6.45) is 5.50. The van der Waals surface area contributed by atoms with E-state index in [0.717, 1.165) is 47.8 Å². The van der Waals surface area contributed by atoms with Crippen LogP contribution in [0.15, 0.2) is 30.5 Å². The van der Waals surface area contributed by atoms with E-state index in [9.17, 15) is 0 Å². The zero-order valence-corrected chi connectivity index (χ0v) is 17.9. The van der Waals surface area contributed by atoms with Crippen LogP contribution in [0, 0.1) is 0 Å². The molecule has 0 amide bonds. The number of aromatic nitrogens is 1. The Bertz CT molecular complexity index is 672. The smallest absolute Gasteiger partial charge is 0.0737 e. The molecule has 4 nitrogen and oxygen atoms in total. The first-order valence-electron chi connectivity index (χ1n) is 10.4. The maximum absolute atomic E-state index is 6.06. The van der Waals surface area contributed by atoms with E-state index in [-0.39, 0.29) is 0 Å². The van der Waals surface area contributed by atoms with Gasteiger partial charge in [0.1, 0.15) is 0 Å². The highest BCUT2D eigenvalue weighted by Crippen LogP contribution is 2.24. The van der Waals surface area contributed by atoms with Gasteiger partial charge in [-0.3, -0.25) is 4.98 Å². The lowest BCUT2D eigenvalue weighted by atomic mass is 10.2. The zero-order valence-electron chi connectivity index (χ0n) is 17.2. The number of nitrogens with zero attached hydrogens (tertiary/aromatic N) is 3. The second-order valence-corrected chi connectivity index (χ2v) is 7.41. The number of hydrogen-bond donors (Lipinski definition) is 1. The number of nitrogens with one attached hydrogen (secondary N) is 1. The summed E-state index contributed by atoms with van der Waals surface area (Å²) in [6, 6.07) is 7.93. The van der Waals surface area contributed by atoms with Gasteiger partial charge in [-0.2, -0.15) is 0 Å². The average Bonchev–Trinajstić information content (AvgIpc) is 2.69. The molecule has 1 heterocycles. The first kappa shape index (κ1) is 21.9. The zero-order chi connectivity index (χ0) is 19.5. The maximum atomic E-state index is 6.06. The van der Waals surface area contributed by atoms with Crippen LogP contribution in [-0.2, 0) is 0 Å². The van der Waals surface area contributed by atoms with Crippen molar-refractivity contribution in [1.29, 1.82) is 0 Å². The Morgan fingerprint density at radius 3 is 2.33 bits per heavy atom. The molecule has 0 aliphatic carbocycles. The van der Waals surface area contributed by atoms with E-state index in [1.165, 1.54) is 38.9 Å². The second kappa shape index (κ2) is 12.2. The number of halogens is 1. The number of pyridine rings is 1. The lowest BCUT2D eigenvalue weighted by Gasteiger charge is -2.23. The lowest BCUT2D eigenvalue weighted by Crippen LogP contribution is -2.30. The molecule has 1 aromatic heterocycles. The minimum absolute atomic E-state index is 0.729. The van der Waals surface area contributed by atoms with Crippen LogP contribution in [0.25, 0.3) is 10.9 Å². The van der Waals surface area contributed by atoms with Gasteiger partial charge >= 0.3 is 0 Å². The predicted octanol–water partition coefficient (Wildman–Crippen LogP) is 5.13. The van der Waals surface area contributed by atoms with Crippen LogP contribution in [0.1, 0.15) is 40.0 Å². The Hall–Kier alpha value is -1.36. The molecule has 0 aliphatic heterocycles. The third-order valence-corrected chi connectivity index (χ3v) is 5.45. The highest BCUT2D eigenvalue weighted by atomic mass is 35.5. The molecule has 2 aromatic rings. The van der Waals surface area contributed by atoms with Crippen molar-refractivity contribution >= 4 is 28.2 Å². The van der Waals surface area contributed by atoms with Gasteiger partial charge in [-0.25, -0.2) is 0 Å². The maximum Gasteiger partial charge on any atom is 0.0737 e. The van der Waals surface area contributed by atoms with Crippen LogP contribution < -0.4 is 5.32 Å². The summed E-state index contributed by atoms with van der Waals surface area (Å²) in [5.74, 6) is 0. The third kappa shape index (κ3) is 7.28. The molecule has 1 aromatic carbocycles. The summed E-state index contributed by atoms with van der Waals surface area (Å²) in [5, 5.41) is 5.43. The van der Waals surface area contributed by atoms with Crippen molar-refractivity contribution in [3.8, 4) is 0 Å². The van der Waals surface area contributed by atoms with Gasteiger partial charge in [0.05, 0.1) is 5.52 Å². The number of rotatable bonds is 13. The summed E-state index contributed by atoms with van der Waals surface area (Å²) >= 11 is 6.06. The highest BCUT2D eigenvalue weighted by Gasteiger charge is 2.05. The van der Waals surface area contributed by atoms with Crippen molar-refractivity contribution in [2.45, 2.75) is 40.0 Å². The molecular weight excluding hydrogens is 356 g/mol. The molecule has 0 fully saturated rings. The summed E-state index contributed by atoms with van der Waals surface area (Å²) < 4.78 is 0. The van der Waals surface area contributed by atoms with E-state index in [4.69, 9.17) is 11.6 Å². The molecule has 0 aliphatic rings. The Kier molecular flexibility index (Phi) is 9.89. The number of unbranched alkanes of at least 4 members (excludes halogenated alkanes) is 1. The average molecular weight is 391 g/mol. The molecule has 1 N–H and O–H groups in total. The first-order chi connectivity index (χ1) is 13.2. The van der Waals surface area contributed by atoms with Gasteiger partial charge in [-0.15, -0.1) is 0 Å². The van der Waals surface area contributed by atoms with Crippen LogP contribution in [-0.4, -0.2) is 60.6 Å². The van der Waals surface area contributed by atoms with Gasteiger partial charge in [0.15, 0.2) is 0 Å². The van der Waals surface area contributed by atoms with Crippen molar-refractivity contribution in [2.75, 3.05) is 51.1 Å². The third-order valence-electron chi connectivity index (χ3n) is 5.21. The van der Waals surface area contributed by atoms with Crippen LogP contribution in [0.2, 0.25) is 5.02 Å². The number of hydrogen-bond acceptors (Lipinski definition) is 4. The van der Waals surface area contributed by atoms with Crippen molar-refractivity contribution in [3.63, 3.8) is 0 Å². The van der Waals surface area contributed by atoms with E-state index in [1.807, 2.05) is 30.5 Å². The largest absolute Gasteiger partial charge is 0.384 e. The Labute approximate surface area is 169 Å². The van der Waals surface area contributed by atoms with Crippen molar-refractivity contribution in [2.24, 2.45) is 0 Å². The van der Waals surface area contributed by atoms with Crippen LogP contribution >= 0.6 is 11.6 Å². The van der Waals surface area contributed by atoms with Crippen molar-refractivity contribution in [1.82, 2.24) is 14.8 Å². The minimum Gasteiger partial charge on any atom is -0.384 e. The second-order valence-electron chi connectivity index (χ2n) is 6.97. The summed E-state index contributed by atoms with van der Waals surface area (Å²) in [5.41, 5.74) is 2.08. The van der Waals surface area contributed by atoms with Gasteiger partial charge in [-0.05, 0) is 82.8 Å². The Balaban J connectivity index is 1.69. The fourth-order valence-electron chi connectivity index (χ4n) is 3.44. The van der Waals surface area contributed by atoms with E-state index >= 15 is 0 Å². The molecule has 150 valence electrons. The van der Waals surface area contributed by atoms with E-state index in [1.54, 1.807) is 0 Å². The molecular formula is C22H35ClN4. The lowest BCUT2D eigenvalue weighted by molar-refractivity contribution is 0.241. The van der Waals surface area contributed by atoms with E-state index < -0.39 is 0 Å². The summed E-state index contributed by atoms with van der Waals surface area (Å²) in [7, 11) is 0. The normalized spacial score (nSPS) is 11.6. The monoisotopic (exact) mass is 390 g/mol. The first-order valence-corrected chi connectivity index (χ1v) is 10.8. The van der Waals surface area contributed by atoms with Gasteiger partial charge in [0, 0.05) is 28.8 Å². The van der Waals surface area contributed by atoms with Crippen molar-refractivity contribution < 1.29 is 0 Å². The molecule has 0 saturated heterocycles. The topological polar surface area (TPSA) is 31.4 Å². The van der Waals surface area contributed by atoms with Gasteiger partial charge < -0.3 is 15.1 Å². The van der Waals surface area contributed by atoms with E-state index in [0.29, 0.717) is 0 Å². The fraction of sp³-hybridized carbons (Fsp3) is 0.591. The molecule has 0 radical (unpaired) electrons.